The summed E-state index contributed by atoms with van der Waals surface area (Å²) in [6.45, 7) is 5.55. The van der Waals surface area contributed by atoms with E-state index in [1.807, 2.05) is 38.1 Å². The molecular weight excluding hydrogens is 334 g/mol. The molecule has 1 atom stereocenters. The Morgan fingerprint density at radius 3 is 3.00 bits per heavy atom. The van der Waals surface area contributed by atoms with Crippen molar-refractivity contribution in [1.82, 2.24) is 15.0 Å². The van der Waals surface area contributed by atoms with E-state index in [2.05, 4.69) is 10.1 Å². The number of carbonyl (C=O) groups excluding carboxylic acids is 1. The van der Waals surface area contributed by atoms with Gasteiger partial charge in [-0.3, -0.25) is 4.79 Å². The first-order chi connectivity index (χ1) is 12.7. The summed E-state index contributed by atoms with van der Waals surface area (Å²) >= 11 is 0. The van der Waals surface area contributed by atoms with Gasteiger partial charge in [0.1, 0.15) is 12.4 Å². The van der Waals surface area contributed by atoms with Crippen LogP contribution in [-0.4, -0.2) is 46.7 Å². The summed E-state index contributed by atoms with van der Waals surface area (Å²) in [6, 6.07) is 7.69. The lowest BCUT2D eigenvalue weighted by atomic mass is 10.1. The van der Waals surface area contributed by atoms with Gasteiger partial charge in [-0.2, -0.15) is 4.98 Å². The highest BCUT2D eigenvalue weighted by Gasteiger charge is 2.25. The Kier molecular flexibility index (Phi) is 6.22. The van der Waals surface area contributed by atoms with E-state index in [4.69, 9.17) is 14.0 Å². The standard InChI is InChI=1S/C19H25N3O4/c1-3-17-20-18(26-21-17)12-24-15-8-6-10-22(11-15)19(23)13-25-16-9-5-4-7-14(16)2/h4-5,7,9,15H,3,6,8,10-13H2,1-2H3. The molecule has 1 aromatic carbocycles. The molecule has 1 aromatic heterocycles. The normalized spacial score (nSPS) is 17.3. The molecule has 2 heterocycles. The lowest BCUT2D eigenvalue weighted by molar-refractivity contribution is -0.138. The van der Waals surface area contributed by atoms with Gasteiger partial charge in [0.25, 0.3) is 11.8 Å². The fourth-order valence-electron chi connectivity index (χ4n) is 2.93. The van der Waals surface area contributed by atoms with Crippen LogP contribution in [0.15, 0.2) is 28.8 Å². The molecule has 2 aromatic rings. The van der Waals surface area contributed by atoms with E-state index < -0.39 is 0 Å². The minimum absolute atomic E-state index is 0.0207. The fourth-order valence-corrected chi connectivity index (χ4v) is 2.93. The molecule has 3 rings (SSSR count). The van der Waals surface area contributed by atoms with Crippen molar-refractivity contribution >= 4 is 5.91 Å². The maximum atomic E-state index is 12.4. The average Bonchev–Trinajstić information content (AvgIpc) is 3.14. The summed E-state index contributed by atoms with van der Waals surface area (Å²) < 4.78 is 16.7. The molecule has 1 unspecified atom stereocenters. The van der Waals surface area contributed by atoms with Crippen molar-refractivity contribution < 1.29 is 18.8 Å². The Morgan fingerprint density at radius 2 is 2.23 bits per heavy atom. The monoisotopic (exact) mass is 359 g/mol. The Balaban J connectivity index is 1.46. The van der Waals surface area contributed by atoms with Gasteiger partial charge in [-0.05, 0) is 31.4 Å². The SMILES string of the molecule is CCc1noc(COC2CCCN(C(=O)COc3ccccc3C)C2)n1. The second kappa shape index (κ2) is 8.80. The molecule has 7 heteroatoms. The molecule has 1 amide bonds. The zero-order valence-corrected chi connectivity index (χ0v) is 15.3. The van der Waals surface area contributed by atoms with Crippen LogP contribution < -0.4 is 4.74 Å². The van der Waals surface area contributed by atoms with Gasteiger partial charge < -0.3 is 18.9 Å². The molecule has 0 aliphatic carbocycles. The van der Waals surface area contributed by atoms with Gasteiger partial charge >= 0.3 is 0 Å². The van der Waals surface area contributed by atoms with Crippen LogP contribution in [0.5, 0.6) is 5.75 Å². The summed E-state index contributed by atoms with van der Waals surface area (Å²) in [5.41, 5.74) is 1.02. The molecule has 0 radical (unpaired) electrons. The molecule has 0 spiro atoms. The lowest BCUT2D eigenvalue weighted by Gasteiger charge is -2.32. The number of carbonyl (C=O) groups is 1. The Hall–Kier alpha value is -2.41. The molecule has 26 heavy (non-hydrogen) atoms. The molecular formula is C19H25N3O4. The van der Waals surface area contributed by atoms with Crippen LogP contribution in [-0.2, 0) is 22.6 Å². The number of nitrogens with zero attached hydrogens (tertiary/aromatic N) is 3. The Morgan fingerprint density at radius 1 is 1.38 bits per heavy atom. The van der Waals surface area contributed by atoms with Gasteiger partial charge in [-0.15, -0.1) is 0 Å². The van der Waals surface area contributed by atoms with Gasteiger partial charge in [0.05, 0.1) is 6.10 Å². The molecule has 0 N–H and O–H groups in total. The first kappa shape index (κ1) is 18.4. The van der Waals surface area contributed by atoms with Crippen LogP contribution in [0.25, 0.3) is 0 Å². The van der Waals surface area contributed by atoms with Crippen LogP contribution in [0, 0.1) is 6.92 Å². The largest absolute Gasteiger partial charge is 0.484 e. The molecule has 1 aliphatic heterocycles. The number of para-hydroxylation sites is 1. The number of rotatable bonds is 7. The van der Waals surface area contributed by atoms with Crippen LogP contribution in [0.3, 0.4) is 0 Å². The van der Waals surface area contributed by atoms with Crippen molar-refractivity contribution in [2.24, 2.45) is 0 Å². The van der Waals surface area contributed by atoms with Crippen molar-refractivity contribution in [3.63, 3.8) is 0 Å². The first-order valence-electron chi connectivity index (χ1n) is 9.05. The molecule has 1 fully saturated rings. The predicted octanol–water partition coefficient (Wildman–Crippen LogP) is 2.53. The zero-order valence-electron chi connectivity index (χ0n) is 15.3. The average molecular weight is 359 g/mol. The van der Waals surface area contributed by atoms with Crippen molar-refractivity contribution in [3.05, 3.63) is 41.5 Å². The summed E-state index contributed by atoms with van der Waals surface area (Å²) in [5.74, 6) is 1.88. The highest BCUT2D eigenvalue weighted by molar-refractivity contribution is 5.78. The van der Waals surface area contributed by atoms with Crippen LogP contribution in [0.4, 0.5) is 0 Å². The van der Waals surface area contributed by atoms with Crippen LogP contribution >= 0.6 is 0 Å². The van der Waals surface area contributed by atoms with Crippen molar-refractivity contribution in [2.45, 2.75) is 45.8 Å². The quantitative estimate of drug-likeness (QED) is 0.756. The second-order valence-corrected chi connectivity index (χ2v) is 6.43. The molecule has 140 valence electrons. The molecule has 7 nitrogen and oxygen atoms in total. The van der Waals surface area contributed by atoms with Crippen molar-refractivity contribution in [1.29, 1.82) is 0 Å². The number of piperidine rings is 1. The van der Waals surface area contributed by atoms with Gasteiger partial charge in [0.2, 0.25) is 0 Å². The minimum Gasteiger partial charge on any atom is -0.484 e. The van der Waals surface area contributed by atoms with E-state index in [1.54, 1.807) is 4.90 Å². The molecule has 1 aliphatic rings. The lowest BCUT2D eigenvalue weighted by Crippen LogP contribution is -2.45. The maximum Gasteiger partial charge on any atom is 0.260 e. The number of amides is 1. The van der Waals surface area contributed by atoms with E-state index in [0.29, 0.717) is 18.3 Å². The number of benzene rings is 1. The van der Waals surface area contributed by atoms with Crippen LogP contribution in [0.2, 0.25) is 0 Å². The first-order valence-corrected chi connectivity index (χ1v) is 9.05. The van der Waals surface area contributed by atoms with Crippen LogP contribution in [0.1, 0.15) is 37.0 Å². The number of hydrogen-bond donors (Lipinski definition) is 0. The topological polar surface area (TPSA) is 77.7 Å². The predicted molar refractivity (Wildman–Crippen MR) is 94.7 cm³/mol. The minimum atomic E-state index is -0.0249. The Bertz CT molecular complexity index is 731. The van der Waals surface area contributed by atoms with E-state index in [1.165, 1.54) is 0 Å². The van der Waals surface area contributed by atoms with Crippen molar-refractivity contribution in [3.8, 4) is 5.75 Å². The third-order valence-corrected chi connectivity index (χ3v) is 4.44. The zero-order chi connectivity index (χ0) is 18.4. The summed E-state index contributed by atoms with van der Waals surface area (Å²) in [4.78, 5) is 18.5. The molecule has 0 saturated carbocycles. The highest BCUT2D eigenvalue weighted by atomic mass is 16.5. The van der Waals surface area contributed by atoms with E-state index in [-0.39, 0.29) is 25.2 Å². The summed E-state index contributed by atoms with van der Waals surface area (Å²) in [5, 5.41) is 3.85. The third-order valence-electron chi connectivity index (χ3n) is 4.44. The summed E-state index contributed by atoms with van der Waals surface area (Å²) in [6.07, 6.45) is 2.53. The highest BCUT2D eigenvalue weighted by Crippen LogP contribution is 2.18. The number of aryl methyl sites for hydroxylation is 2. The maximum absolute atomic E-state index is 12.4. The third kappa shape index (κ3) is 4.82. The fraction of sp³-hybridized carbons (Fsp3) is 0.526. The van der Waals surface area contributed by atoms with Gasteiger partial charge in [-0.25, -0.2) is 0 Å². The van der Waals surface area contributed by atoms with Gasteiger partial charge in [0.15, 0.2) is 12.4 Å². The van der Waals surface area contributed by atoms with E-state index in [0.717, 1.165) is 37.1 Å². The van der Waals surface area contributed by atoms with E-state index in [9.17, 15) is 4.79 Å². The molecule has 1 saturated heterocycles. The second-order valence-electron chi connectivity index (χ2n) is 6.43. The number of ether oxygens (including phenoxy) is 2. The smallest absolute Gasteiger partial charge is 0.260 e. The van der Waals surface area contributed by atoms with E-state index >= 15 is 0 Å². The molecule has 0 bridgehead atoms. The summed E-state index contributed by atoms with van der Waals surface area (Å²) in [7, 11) is 0. The van der Waals surface area contributed by atoms with Gasteiger partial charge in [-0.1, -0.05) is 30.3 Å². The number of likely N-dealkylation sites (tertiary alicyclic amines) is 1. The van der Waals surface area contributed by atoms with Gasteiger partial charge in [0, 0.05) is 19.5 Å². The number of hydrogen-bond acceptors (Lipinski definition) is 6. The van der Waals surface area contributed by atoms with Crippen molar-refractivity contribution in [2.75, 3.05) is 19.7 Å². The number of aromatic nitrogens is 2. The Labute approximate surface area is 153 Å².